The zero-order valence-corrected chi connectivity index (χ0v) is 27.2. The number of hydrogen-bond donors (Lipinski definition) is 2. The van der Waals surface area contributed by atoms with Gasteiger partial charge in [-0.05, 0) is 36.8 Å². The van der Waals surface area contributed by atoms with Gasteiger partial charge in [-0.15, -0.1) is 0 Å². The predicted molar refractivity (Wildman–Crippen MR) is 177 cm³/mol. The molecule has 2 aliphatic rings. The van der Waals surface area contributed by atoms with Gasteiger partial charge in [0, 0.05) is 56.0 Å². The van der Waals surface area contributed by atoms with Crippen molar-refractivity contribution in [1.29, 1.82) is 5.26 Å². The lowest BCUT2D eigenvalue weighted by atomic mass is 10.00. The average molecular weight is 672 g/mol. The highest BCUT2D eigenvalue weighted by Gasteiger charge is 2.35. The quantitative estimate of drug-likeness (QED) is 0.276. The van der Waals surface area contributed by atoms with Crippen LogP contribution < -0.4 is 20.3 Å². The van der Waals surface area contributed by atoms with Crippen LogP contribution in [0.25, 0.3) is 0 Å². The summed E-state index contributed by atoms with van der Waals surface area (Å²) in [5, 5.41) is 18.9. The van der Waals surface area contributed by atoms with E-state index in [1.54, 1.807) is 32.3 Å². The van der Waals surface area contributed by atoms with Crippen molar-refractivity contribution in [3.63, 3.8) is 0 Å². The third kappa shape index (κ3) is 8.63. The van der Waals surface area contributed by atoms with E-state index in [-0.39, 0.29) is 46.1 Å². The van der Waals surface area contributed by atoms with Crippen molar-refractivity contribution >= 4 is 35.5 Å². The highest BCUT2D eigenvalue weighted by atomic mass is 19.3. The summed E-state index contributed by atoms with van der Waals surface area (Å²) in [5.74, 6) is -3.61. The molecule has 3 heterocycles. The fraction of sp³-hybridized carbons (Fsp3) is 0.257. The summed E-state index contributed by atoms with van der Waals surface area (Å²) >= 11 is 0. The van der Waals surface area contributed by atoms with E-state index in [0.717, 1.165) is 25.8 Å². The van der Waals surface area contributed by atoms with Gasteiger partial charge in [-0.1, -0.05) is 42.5 Å². The highest BCUT2D eigenvalue weighted by molar-refractivity contribution is 6.13. The number of nitrogens with zero attached hydrogens (tertiary/aromatic N) is 5. The molecule has 0 atom stereocenters. The zero-order valence-electron chi connectivity index (χ0n) is 27.2. The molecular formula is C35H35F2N7O5. The van der Waals surface area contributed by atoms with Gasteiger partial charge in [-0.3, -0.25) is 23.9 Å². The molecule has 0 aliphatic carbocycles. The molecule has 0 saturated carbocycles. The number of alkyl halides is 2. The second-order valence-corrected chi connectivity index (χ2v) is 11.1. The first-order valence-corrected chi connectivity index (χ1v) is 15.2. The Kier molecular flexibility index (Phi) is 11.8. The molecule has 0 spiro atoms. The number of nitrogens with one attached hydrogen (secondary N) is 2. The van der Waals surface area contributed by atoms with Crippen molar-refractivity contribution in [2.24, 2.45) is 0 Å². The van der Waals surface area contributed by atoms with Gasteiger partial charge in [-0.25, -0.2) is 0 Å². The third-order valence-electron chi connectivity index (χ3n) is 7.44. The first-order chi connectivity index (χ1) is 23.5. The molecule has 49 heavy (non-hydrogen) atoms. The summed E-state index contributed by atoms with van der Waals surface area (Å²) in [6.45, 7) is 1.51. The van der Waals surface area contributed by atoms with E-state index in [4.69, 9.17) is 4.74 Å². The van der Waals surface area contributed by atoms with Gasteiger partial charge in [0.2, 0.25) is 12.3 Å². The van der Waals surface area contributed by atoms with E-state index < -0.39 is 17.7 Å². The number of hydrogen-bond acceptors (Lipinski definition) is 7. The second kappa shape index (κ2) is 16.1. The van der Waals surface area contributed by atoms with Crippen molar-refractivity contribution in [3.8, 4) is 11.8 Å². The molecule has 254 valence electrons. The monoisotopic (exact) mass is 671 g/mol. The highest BCUT2D eigenvalue weighted by Crippen LogP contribution is 2.36. The molecule has 1 aromatic heterocycles. The van der Waals surface area contributed by atoms with Crippen LogP contribution in [0, 0.1) is 11.3 Å². The van der Waals surface area contributed by atoms with E-state index in [1.807, 2.05) is 6.07 Å². The van der Waals surface area contributed by atoms with Crippen LogP contribution in [0.5, 0.6) is 5.75 Å². The smallest absolute Gasteiger partial charge is 0.298 e. The van der Waals surface area contributed by atoms with Gasteiger partial charge in [0.1, 0.15) is 17.5 Å². The second-order valence-electron chi connectivity index (χ2n) is 11.1. The van der Waals surface area contributed by atoms with Crippen LogP contribution in [-0.2, 0) is 22.1 Å². The van der Waals surface area contributed by atoms with E-state index in [1.165, 1.54) is 82.4 Å². The minimum Gasteiger partial charge on any atom is -0.495 e. The Labute approximate surface area is 281 Å². The Bertz CT molecular complexity index is 1830. The fourth-order valence-electron chi connectivity index (χ4n) is 4.90. The molecule has 0 radical (unpaired) electrons. The van der Waals surface area contributed by atoms with Gasteiger partial charge in [0.05, 0.1) is 31.1 Å². The molecule has 1 fully saturated rings. The summed E-state index contributed by atoms with van der Waals surface area (Å²) < 4.78 is 36.5. The lowest BCUT2D eigenvalue weighted by molar-refractivity contribution is -0.119. The van der Waals surface area contributed by atoms with Crippen molar-refractivity contribution in [2.75, 3.05) is 44.5 Å². The van der Waals surface area contributed by atoms with E-state index in [9.17, 15) is 33.2 Å². The molecule has 12 nitrogen and oxygen atoms in total. The number of amides is 4. The number of carbonyl (C=O) groups is 4. The lowest BCUT2D eigenvalue weighted by Crippen LogP contribution is -2.41. The van der Waals surface area contributed by atoms with E-state index in [2.05, 4.69) is 15.7 Å². The third-order valence-corrected chi connectivity index (χ3v) is 7.44. The Balaban J connectivity index is 0.000000421. The summed E-state index contributed by atoms with van der Waals surface area (Å²) in [6.07, 6.45) is 3.89. The number of methoxy groups -OCH3 is 1. The van der Waals surface area contributed by atoms with Crippen LogP contribution in [0.4, 0.5) is 20.2 Å². The minimum atomic E-state index is -3.19. The number of nitriles is 1. The predicted octanol–water partition coefficient (Wildman–Crippen LogP) is 4.42. The number of fused-ring (bicyclic) bond motifs is 1. The van der Waals surface area contributed by atoms with Crippen molar-refractivity contribution < 1.29 is 32.7 Å². The van der Waals surface area contributed by atoms with Crippen LogP contribution in [-0.4, -0.2) is 73.1 Å². The van der Waals surface area contributed by atoms with Crippen molar-refractivity contribution in [1.82, 2.24) is 20.0 Å². The van der Waals surface area contributed by atoms with E-state index in [0.29, 0.717) is 18.0 Å². The number of aromatic nitrogens is 2. The van der Waals surface area contributed by atoms with Gasteiger partial charge in [0.25, 0.3) is 17.7 Å². The normalized spacial score (nSPS) is 13.3. The topological polar surface area (TPSA) is 150 Å². The maximum Gasteiger partial charge on any atom is 0.298 e. The summed E-state index contributed by atoms with van der Waals surface area (Å²) in [4.78, 5) is 48.8. The maximum atomic E-state index is 14.9. The molecule has 4 amide bonds. The number of halogens is 2. The standard InChI is InChI=1S/C28H21F2N5O3.C4H7NO.C3H7NO/c1-38-24-12-7-18(15-19(24)16-31)26(36)33-23-17-32-35-14-13-34(27(37)25(23)35)22-10-8-21(9-11-22)28(29,30)20-5-3-2-4-6-20;6-4-2-1-3-5-4;1-4(2)3-5/h2-12,15,17H,13-14H2,1H3,(H,33,36);1-3H2,(H,5,6);3H,1-2H3. The molecule has 2 N–H and O–H groups in total. The molecule has 0 bridgehead atoms. The molecule has 4 aromatic rings. The Morgan fingerprint density at radius 1 is 1.06 bits per heavy atom. The molecule has 1 saturated heterocycles. The van der Waals surface area contributed by atoms with Gasteiger partial charge in [0.15, 0.2) is 0 Å². The number of carbonyl (C=O) groups excluding carboxylic acids is 4. The summed E-state index contributed by atoms with van der Waals surface area (Å²) in [7, 11) is 4.80. The molecule has 6 rings (SSSR count). The SMILES string of the molecule is CN(C)C=O.COc1ccc(C(=O)Nc2cnn3c2C(=O)N(c2ccc(C(F)(F)c4ccccc4)cc2)CC3)cc1C#N.O=C1CCCN1. The summed E-state index contributed by atoms with van der Waals surface area (Å²) in [5.41, 5.74) is 0.902. The first-order valence-electron chi connectivity index (χ1n) is 15.2. The molecule has 0 unspecified atom stereocenters. The Morgan fingerprint density at radius 3 is 2.29 bits per heavy atom. The summed E-state index contributed by atoms with van der Waals surface area (Å²) in [6, 6.07) is 19.5. The zero-order chi connectivity index (χ0) is 35.6. The van der Waals surface area contributed by atoms with Gasteiger partial charge < -0.3 is 25.2 Å². The van der Waals surface area contributed by atoms with Crippen LogP contribution in [0.2, 0.25) is 0 Å². The van der Waals surface area contributed by atoms with Crippen LogP contribution >= 0.6 is 0 Å². The van der Waals surface area contributed by atoms with Crippen molar-refractivity contribution in [2.45, 2.75) is 25.3 Å². The number of anilines is 2. The Hall–Kier alpha value is -6.10. The molecule has 2 aliphatic heterocycles. The molecule has 3 aromatic carbocycles. The fourth-order valence-corrected chi connectivity index (χ4v) is 4.90. The number of benzene rings is 3. The van der Waals surface area contributed by atoms with Gasteiger partial charge in [-0.2, -0.15) is 19.1 Å². The number of rotatable bonds is 7. The minimum absolute atomic E-state index is 0.121. The van der Waals surface area contributed by atoms with Crippen LogP contribution in [0.15, 0.2) is 79.0 Å². The molecular weight excluding hydrogens is 636 g/mol. The number of ether oxygens (including phenoxy) is 1. The van der Waals surface area contributed by atoms with Gasteiger partial charge >= 0.3 is 0 Å². The largest absolute Gasteiger partial charge is 0.495 e. The van der Waals surface area contributed by atoms with Crippen LogP contribution in [0.1, 0.15) is 50.4 Å². The van der Waals surface area contributed by atoms with Crippen molar-refractivity contribution in [3.05, 3.63) is 107 Å². The lowest BCUT2D eigenvalue weighted by Gasteiger charge is -2.28. The molecule has 14 heteroatoms. The Morgan fingerprint density at radius 2 is 1.73 bits per heavy atom. The average Bonchev–Trinajstić information content (AvgIpc) is 3.78. The first kappa shape index (κ1) is 35.7. The van der Waals surface area contributed by atoms with E-state index >= 15 is 0 Å². The van der Waals surface area contributed by atoms with Crippen LogP contribution in [0.3, 0.4) is 0 Å². The maximum absolute atomic E-state index is 14.9.